The van der Waals surface area contributed by atoms with E-state index in [2.05, 4.69) is 4.98 Å². The smallest absolute Gasteiger partial charge is 0.338 e. The van der Waals surface area contributed by atoms with E-state index in [9.17, 15) is 14.3 Å². The maximum Gasteiger partial charge on any atom is 0.338 e. The molecule has 3 aromatic rings. The molecule has 0 atom stereocenters. The number of aryl methyl sites for hydroxylation is 1. The number of aromatic carboxylic acids is 1. The van der Waals surface area contributed by atoms with E-state index in [-0.39, 0.29) is 17.3 Å². The van der Waals surface area contributed by atoms with Gasteiger partial charge < -0.3 is 5.11 Å². The second kappa shape index (κ2) is 7.08. The number of carboxylic acid groups (broad SMARTS) is 1. The Balaban J connectivity index is 2.34. The van der Waals surface area contributed by atoms with E-state index < -0.39 is 5.97 Å². The van der Waals surface area contributed by atoms with Gasteiger partial charge in [0.15, 0.2) is 0 Å². The second-order valence-corrected chi connectivity index (χ2v) is 6.60. The zero-order chi connectivity index (χ0) is 18.8. The summed E-state index contributed by atoms with van der Waals surface area (Å²) in [6.07, 6.45) is 0. The van der Waals surface area contributed by atoms with Crippen molar-refractivity contribution < 1.29 is 14.3 Å². The quantitative estimate of drug-likeness (QED) is 0.659. The predicted octanol–water partition coefficient (Wildman–Crippen LogP) is 5.68. The van der Waals surface area contributed by atoms with Crippen molar-refractivity contribution in [3.8, 4) is 22.4 Å². The summed E-state index contributed by atoms with van der Waals surface area (Å²) < 4.78 is 13.3. The van der Waals surface area contributed by atoms with Crippen molar-refractivity contribution in [2.45, 2.75) is 26.7 Å². The van der Waals surface area contributed by atoms with Crippen LogP contribution in [0.25, 0.3) is 22.4 Å². The molecular weight excluding hydrogens is 329 g/mol. The minimum Gasteiger partial charge on any atom is -0.478 e. The van der Waals surface area contributed by atoms with E-state index in [1.807, 2.05) is 45.0 Å². The van der Waals surface area contributed by atoms with Gasteiger partial charge in [-0.05, 0) is 42.2 Å². The van der Waals surface area contributed by atoms with Crippen molar-refractivity contribution in [2.24, 2.45) is 0 Å². The zero-order valence-electron chi connectivity index (χ0n) is 15.0. The fourth-order valence-electron chi connectivity index (χ4n) is 3.06. The zero-order valence-corrected chi connectivity index (χ0v) is 15.0. The van der Waals surface area contributed by atoms with E-state index in [1.54, 1.807) is 18.2 Å². The molecule has 0 unspecified atom stereocenters. The highest BCUT2D eigenvalue weighted by atomic mass is 19.1. The molecule has 0 aliphatic rings. The predicted molar refractivity (Wildman–Crippen MR) is 101 cm³/mol. The van der Waals surface area contributed by atoms with E-state index in [4.69, 9.17) is 0 Å². The summed E-state index contributed by atoms with van der Waals surface area (Å²) in [5.41, 5.74) is 4.63. The SMILES string of the molecule is Cc1ccccc1-c1cc(-c2ccc(F)cc2)c(C(=O)O)c(C(C)C)n1. The molecule has 132 valence electrons. The summed E-state index contributed by atoms with van der Waals surface area (Å²) >= 11 is 0. The summed E-state index contributed by atoms with van der Waals surface area (Å²) in [6, 6.07) is 15.5. The van der Waals surface area contributed by atoms with Gasteiger partial charge in [-0.25, -0.2) is 9.18 Å². The molecule has 1 heterocycles. The molecule has 3 nitrogen and oxygen atoms in total. The standard InChI is InChI=1S/C22H20FNO2/c1-13(2)21-20(22(25)26)18(15-8-10-16(23)11-9-15)12-19(24-21)17-7-5-4-6-14(17)3/h4-13H,1-3H3,(H,25,26). The molecule has 3 rings (SSSR count). The molecule has 0 saturated carbocycles. The number of carboxylic acids is 1. The Bertz CT molecular complexity index is 962. The summed E-state index contributed by atoms with van der Waals surface area (Å²) in [6.45, 7) is 5.84. The third-order valence-electron chi connectivity index (χ3n) is 4.38. The van der Waals surface area contributed by atoms with Gasteiger partial charge in [-0.2, -0.15) is 0 Å². The molecule has 0 saturated heterocycles. The van der Waals surface area contributed by atoms with Gasteiger partial charge in [-0.15, -0.1) is 0 Å². The van der Waals surface area contributed by atoms with Crippen molar-refractivity contribution in [1.82, 2.24) is 4.98 Å². The highest BCUT2D eigenvalue weighted by molar-refractivity contribution is 5.98. The van der Waals surface area contributed by atoms with Crippen molar-refractivity contribution in [3.05, 3.63) is 77.2 Å². The molecule has 0 spiro atoms. The molecule has 1 aromatic heterocycles. The molecule has 26 heavy (non-hydrogen) atoms. The molecular formula is C22H20FNO2. The molecule has 0 bridgehead atoms. The van der Waals surface area contributed by atoms with E-state index in [0.717, 1.165) is 16.8 Å². The molecule has 1 N–H and O–H groups in total. The lowest BCUT2D eigenvalue weighted by molar-refractivity contribution is 0.0695. The van der Waals surface area contributed by atoms with Gasteiger partial charge in [-0.3, -0.25) is 4.98 Å². The van der Waals surface area contributed by atoms with Crippen LogP contribution in [-0.2, 0) is 0 Å². The highest BCUT2D eigenvalue weighted by Gasteiger charge is 2.22. The van der Waals surface area contributed by atoms with Gasteiger partial charge in [0.1, 0.15) is 5.82 Å². The number of benzene rings is 2. The Morgan fingerprint density at radius 3 is 2.27 bits per heavy atom. The first-order valence-electron chi connectivity index (χ1n) is 8.48. The first-order chi connectivity index (χ1) is 12.4. The number of nitrogens with zero attached hydrogens (tertiary/aromatic N) is 1. The number of hydrogen-bond donors (Lipinski definition) is 1. The number of pyridine rings is 1. The summed E-state index contributed by atoms with van der Waals surface area (Å²) in [7, 11) is 0. The number of aromatic nitrogens is 1. The van der Waals surface area contributed by atoms with Crippen LogP contribution in [-0.4, -0.2) is 16.1 Å². The average molecular weight is 349 g/mol. The van der Waals surface area contributed by atoms with E-state index in [0.29, 0.717) is 16.8 Å². The van der Waals surface area contributed by atoms with Gasteiger partial charge in [-0.1, -0.05) is 50.2 Å². The van der Waals surface area contributed by atoms with Crippen LogP contribution < -0.4 is 0 Å². The Morgan fingerprint density at radius 2 is 1.69 bits per heavy atom. The van der Waals surface area contributed by atoms with Crippen molar-refractivity contribution in [3.63, 3.8) is 0 Å². The third-order valence-corrected chi connectivity index (χ3v) is 4.38. The van der Waals surface area contributed by atoms with E-state index >= 15 is 0 Å². The van der Waals surface area contributed by atoms with Crippen molar-refractivity contribution in [1.29, 1.82) is 0 Å². The van der Waals surface area contributed by atoms with Crippen molar-refractivity contribution >= 4 is 5.97 Å². The Kier molecular flexibility index (Phi) is 4.85. The van der Waals surface area contributed by atoms with Gasteiger partial charge in [0.25, 0.3) is 0 Å². The minimum absolute atomic E-state index is 0.0655. The maximum absolute atomic E-state index is 13.3. The monoisotopic (exact) mass is 349 g/mol. The van der Waals surface area contributed by atoms with Gasteiger partial charge in [0.05, 0.1) is 17.0 Å². The molecule has 4 heteroatoms. The van der Waals surface area contributed by atoms with Gasteiger partial charge in [0.2, 0.25) is 0 Å². The average Bonchev–Trinajstić information content (AvgIpc) is 2.61. The third kappa shape index (κ3) is 3.36. The maximum atomic E-state index is 13.3. The van der Waals surface area contributed by atoms with Gasteiger partial charge >= 0.3 is 5.97 Å². The molecule has 0 aliphatic heterocycles. The number of halogens is 1. The minimum atomic E-state index is -1.03. The van der Waals surface area contributed by atoms with Crippen LogP contribution in [0.2, 0.25) is 0 Å². The Morgan fingerprint density at radius 1 is 1.04 bits per heavy atom. The topological polar surface area (TPSA) is 50.2 Å². The molecule has 0 radical (unpaired) electrons. The second-order valence-electron chi connectivity index (χ2n) is 6.60. The Labute approximate surface area is 152 Å². The van der Waals surface area contributed by atoms with Crippen LogP contribution >= 0.6 is 0 Å². The van der Waals surface area contributed by atoms with Crippen LogP contribution in [0.15, 0.2) is 54.6 Å². The molecule has 2 aromatic carbocycles. The Hall–Kier alpha value is -3.01. The molecule has 0 fully saturated rings. The van der Waals surface area contributed by atoms with Crippen LogP contribution in [0.1, 0.15) is 41.4 Å². The van der Waals surface area contributed by atoms with Crippen LogP contribution in [0, 0.1) is 12.7 Å². The lowest BCUT2D eigenvalue weighted by atomic mass is 9.92. The lowest BCUT2D eigenvalue weighted by Gasteiger charge is -2.17. The first-order valence-corrected chi connectivity index (χ1v) is 8.48. The number of carbonyl (C=O) groups is 1. The first kappa shape index (κ1) is 17.8. The summed E-state index contributed by atoms with van der Waals surface area (Å²) in [5.74, 6) is -1.45. The molecule has 0 amide bonds. The fraction of sp³-hybridized carbons (Fsp3) is 0.182. The highest BCUT2D eigenvalue weighted by Crippen LogP contribution is 2.34. The van der Waals surface area contributed by atoms with Crippen LogP contribution in [0.5, 0.6) is 0 Å². The number of hydrogen-bond acceptors (Lipinski definition) is 2. The largest absolute Gasteiger partial charge is 0.478 e. The number of rotatable bonds is 4. The fourth-order valence-corrected chi connectivity index (χ4v) is 3.06. The molecule has 0 aliphatic carbocycles. The van der Waals surface area contributed by atoms with Gasteiger partial charge in [0, 0.05) is 11.1 Å². The summed E-state index contributed by atoms with van der Waals surface area (Å²) in [5, 5.41) is 9.81. The van der Waals surface area contributed by atoms with Crippen LogP contribution in [0.4, 0.5) is 4.39 Å². The van der Waals surface area contributed by atoms with E-state index in [1.165, 1.54) is 12.1 Å². The summed E-state index contributed by atoms with van der Waals surface area (Å²) in [4.78, 5) is 16.7. The van der Waals surface area contributed by atoms with Crippen molar-refractivity contribution in [2.75, 3.05) is 0 Å². The van der Waals surface area contributed by atoms with Crippen LogP contribution in [0.3, 0.4) is 0 Å². The normalized spacial score (nSPS) is 11.0. The lowest BCUT2D eigenvalue weighted by Crippen LogP contribution is -2.10.